The third-order valence-corrected chi connectivity index (χ3v) is 3.03. The standard InChI is InChI=1S/C12H12N4O4/c1-3-14-9-8(13-2)11(19)16(12(9)20)6-4-5-7(17)15-10(6)18/h3,6H,1,4-5H2,2H3,(H,15,17,18)/b13-8+,14-9+. The highest BCUT2D eigenvalue weighted by atomic mass is 16.2. The van der Waals surface area contributed by atoms with Crippen molar-refractivity contribution in [2.24, 2.45) is 9.98 Å². The van der Waals surface area contributed by atoms with Crippen LogP contribution in [0.3, 0.4) is 0 Å². The topological polar surface area (TPSA) is 110 Å². The molecule has 1 aromatic rings. The van der Waals surface area contributed by atoms with Crippen LogP contribution in [-0.2, 0) is 9.59 Å². The van der Waals surface area contributed by atoms with Gasteiger partial charge < -0.3 is 0 Å². The highest BCUT2D eigenvalue weighted by Gasteiger charge is 2.31. The average molecular weight is 276 g/mol. The van der Waals surface area contributed by atoms with Crippen molar-refractivity contribution in [2.75, 3.05) is 7.05 Å². The number of nitrogens with zero attached hydrogens (tertiary/aromatic N) is 3. The summed E-state index contributed by atoms with van der Waals surface area (Å²) in [5, 5.41) is 1.85. The molecule has 0 saturated carbocycles. The summed E-state index contributed by atoms with van der Waals surface area (Å²) in [4.78, 5) is 54.7. The van der Waals surface area contributed by atoms with Gasteiger partial charge in [-0.1, -0.05) is 6.58 Å². The van der Waals surface area contributed by atoms with Gasteiger partial charge in [0.1, 0.15) is 6.04 Å². The molecule has 1 atom stereocenters. The summed E-state index contributed by atoms with van der Waals surface area (Å²) >= 11 is 0. The molecule has 0 bridgehead atoms. The van der Waals surface area contributed by atoms with E-state index in [1.54, 1.807) is 0 Å². The lowest BCUT2D eigenvalue weighted by Gasteiger charge is -2.20. The minimum atomic E-state index is -1.01. The highest BCUT2D eigenvalue weighted by Crippen LogP contribution is 2.14. The summed E-state index contributed by atoms with van der Waals surface area (Å²) in [5.74, 6) is -1.09. The Morgan fingerprint density at radius 3 is 2.45 bits per heavy atom. The molecule has 104 valence electrons. The fraction of sp³-hybridized carbons (Fsp3) is 0.333. The van der Waals surface area contributed by atoms with Gasteiger partial charge in [0, 0.05) is 19.7 Å². The Labute approximate surface area is 112 Å². The third-order valence-electron chi connectivity index (χ3n) is 3.03. The van der Waals surface area contributed by atoms with Crippen LogP contribution in [0.5, 0.6) is 0 Å². The maximum Gasteiger partial charge on any atom is 0.282 e. The molecule has 0 aliphatic carbocycles. The second-order valence-corrected chi connectivity index (χ2v) is 4.18. The van der Waals surface area contributed by atoms with Crippen LogP contribution in [0.4, 0.5) is 0 Å². The molecule has 8 nitrogen and oxygen atoms in total. The smallest absolute Gasteiger partial charge is 0.282 e. The van der Waals surface area contributed by atoms with E-state index in [2.05, 4.69) is 21.9 Å². The molecule has 2 rings (SSSR count). The number of imide groups is 1. The number of carbonyl (C=O) groups excluding carboxylic acids is 2. The molecular formula is C12H12N4O4. The molecule has 1 N–H and O–H groups in total. The minimum Gasteiger partial charge on any atom is -0.295 e. The molecule has 0 radical (unpaired) electrons. The number of nitrogens with one attached hydrogen (secondary N) is 1. The van der Waals surface area contributed by atoms with Crippen LogP contribution in [0, 0.1) is 0 Å². The van der Waals surface area contributed by atoms with Crippen LogP contribution in [0.1, 0.15) is 18.9 Å². The lowest BCUT2D eigenvalue weighted by Crippen LogP contribution is -2.47. The first-order valence-electron chi connectivity index (χ1n) is 5.88. The summed E-state index contributed by atoms with van der Waals surface area (Å²) in [6.07, 6.45) is 1.29. The van der Waals surface area contributed by atoms with E-state index < -0.39 is 29.0 Å². The molecule has 0 spiro atoms. The van der Waals surface area contributed by atoms with Crippen molar-refractivity contribution in [1.82, 2.24) is 9.88 Å². The van der Waals surface area contributed by atoms with Gasteiger partial charge in [-0.2, -0.15) is 0 Å². The predicted molar refractivity (Wildman–Crippen MR) is 68.0 cm³/mol. The van der Waals surface area contributed by atoms with Gasteiger partial charge >= 0.3 is 0 Å². The van der Waals surface area contributed by atoms with Crippen molar-refractivity contribution in [2.45, 2.75) is 18.9 Å². The van der Waals surface area contributed by atoms with Crippen molar-refractivity contribution in [3.8, 4) is 0 Å². The van der Waals surface area contributed by atoms with Gasteiger partial charge in [-0.3, -0.25) is 34.1 Å². The normalized spacial score (nSPS) is 21.1. The van der Waals surface area contributed by atoms with Crippen LogP contribution in [0.25, 0.3) is 0 Å². The zero-order chi connectivity index (χ0) is 14.9. The monoisotopic (exact) mass is 276 g/mol. The Balaban J connectivity index is 2.72. The first-order valence-corrected chi connectivity index (χ1v) is 5.88. The lowest BCUT2D eigenvalue weighted by atomic mass is 10.1. The highest BCUT2D eigenvalue weighted by molar-refractivity contribution is 5.99. The van der Waals surface area contributed by atoms with E-state index in [0.717, 1.165) is 10.8 Å². The second-order valence-electron chi connectivity index (χ2n) is 4.18. The van der Waals surface area contributed by atoms with E-state index in [0.29, 0.717) is 0 Å². The van der Waals surface area contributed by atoms with Gasteiger partial charge in [-0.25, -0.2) is 4.99 Å². The SMILES string of the molecule is C=C/N=c1/c(=O)n(C2CCC(=O)NC2=O)c(=O)/c1=N/C. The van der Waals surface area contributed by atoms with Crippen LogP contribution < -0.4 is 27.1 Å². The van der Waals surface area contributed by atoms with Gasteiger partial charge in [0.15, 0.2) is 10.7 Å². The molecular weight excluding hydrogens is 264 g/mol. The largest absolute Gasteiger partial charge is 0.295 e. The van der Waals surface area contributed by atoms with E-state index in [9.17, 15) is 19.2 Å². The van der Waals surface area contributed by atoms with Crippen LogP contribution >= 0.6 is 0 Å². The second kappa shape index (κ2) is 5.16. The number of aromatic nitrogens is 1. The molecule has 1 aromatic heterocycles. The number of hydrogen-bond donors (Lipinski definition) is 1. The molecule has 20 heavy (non-hydrogen) atoms. The van der Waals surface area contributed by atoms with E-state index >= 15 is 0 Å². The Morgan fingerprint density at radius 1 is 1.25 bits per heavy atom. The number of piperidine rings is 1. The fourth-order valence-corrected chi connectivity index (χ4v) is 2.14. The molecule has 1 unspecified atom stereocenters. The Morgan fingerprint density at radius 2 is 1.90 bits per heavy atom. The van der Waals surface area contributed by atoms with E-state index in [4.69, 9.17) is 0 Å². The van der Waals surface area contributed by atoms with Crippen molar-refractivity contribution in [1.29, 1.82) is 0 Å². The van der Waals surface area contributed by atoms with Crippen LogP contribution in [0.15, 0.2) is 32.4 Å². The predicted octanol–water partition coefficient (Wildman–Crippen LogP) is -2.36. The lowest BCUT2D eigenvalue weighted by molar-refractivity contribution is -0.135. The molecule has 1 aliphatic rings. The summed E-state index contributed by atoms with van der Waals surface area (Å²) in [6.45, 7) is 3.37. The van der Waals surface area contributed by atoms with E-state index in [1.807, 2.05) is 0 Å². The van der Waals surface area contributed by atoms with Crippen molar-refractivity contribution >= 4 is 11.8 Å². The van der Waals surface area contributed by atoms with Gasteiger partial charge in [0.2, 0.25) is 11.8 Å². The molecule has 8 heteroatoms. The van der Waals surface area contributed by atoms with Gasteiger partial charge in [-0.15, -0.1) is 0 Å². The van der Waals surface area contributed by atoms with Crippen molar-refractivity contribution < 1.29 is 9.59 Å². The van der Waals surface area contributed by atoms with Crippen molar-refractivity contribution in [3.63, 3.8) is 0 Å². The minimum absolute atomic E-state index is 0.0694. The van der Waals surface area contributed by atoms with Crippen LogP contribution in [-0.4, -0.2) is 23.4 Å². The zero-order valence-corrected chi connectivity index (χ0v) is 10.8. The Kier molecular flexibility index (Phi) is 3.55. The number of amides is 2. The molecule has 2 amide bonds. The van der Waals surface area contributed by atoms with Crippen LogP contribution in [0.2, 0.25) is 0 Å². The summed E-state index contributed by atoms with van der Waals surface area (Å²) in [6, 6.07) is -1.01. The van der Waals surface area contributed by atoms with Crippen molar-refractivity contribution in [3.05, 3.63) is 44.2 Å². The molecule has 1 fully saturated rings. The Hall–Kier alpha value is -2.64. The maximum atomic E-state index is 12.2. The maximum absolute atomic E-state index is 12.2. The molecule has 0 aromatic carbocycles. The average Bonchev–Trinajstić information content (AvgIpc) is 2.63. The number of carbonyl (C=O) groups is 2. The Bertz CT molecular complexity index is 808. The van der Waals surface area contributed by atoms with E-state index in [1.165, 1.54) is 7.05 Å². The summed E-state index contributed by atoms with van der Waals surface area (Å²) in [7, 11) is 1.35. The number of rotatable bonds is 2. The van der Waals surface area contributed by atoms with E-state index in [-0.39, 0.29) is 23.6 Å². The first-order chi connectivity index (χ1) is 9.51. The fourth-order valence-electron chi connectivity index (χ4n) is 2.14. The summed E-state index contributed by atoms with van der Waals surface area (Å²) in [5.41, 5.74) is -1.39. The first kappa shape index (κ1) is 13.8. The number of hydrogen-bond acceptors (Lipinski definition) is 6. The quantitative estimate of drug-likeness (QED) is 0.609. The van der Waals surface area contributed by atoms with Gasteiger partial charge in [0.05, 0.1) is 0 Å². The molecule has 1 aliphatic heterocycles. The third kappa shape index (κ3) is 2.04. The molecule has 2 heterocycles. The van der Waals surface area contributed by atoms with Gasteiger partial charge in [-0.05, 0) is 6.42 Å². The van der Waals surface area contributed by atoms with Gasteiger partial charge in [0.25, 0.3) is 11.1 Å². The zero-order valence-electron chi connectivity index (χ0n) is 10.8. The summed E-state index contributed by atoms with van der Waals surface area (Å²) < 4.78 is 0.798. The molecule has 1 saturated heterocycles.